The molecular formula is C11H24N2O2. The molecule has 4 heteroatoms. The largest absolute Gasteiger partial charge is 0.383 e. The molecule has 1 aliphatic rings. The van der Waals surface area contributed by atoms with Crippen LogP contribution in [-0.2, 0) is 9.47 Å². The highest BCUT2D eigenvalue weighted by Crippen LogP contribution is 2.38. The molecule has 1 rings (SSSR count). The SMILES string of the molecule is CCOC1CC(CN)(N(C)CCOC)C1. The molecule has 0 saturated heterocycles. The van der Waals surface area contributed by atoms with E-state index in [4.69, 9.17) is 15.2 Å². The summed E-state index contributed by atoms with van der Waals surface area (Å²) in [6.07, 6.45) is 2.51. The molecule has 0 unspecified atom stereocenters. The molecule has 0 heterocycles. The van der Waals surface area contributed by atoms with Gasteiger partial charge < -0.3 is 15.2 Å². The van der Waals surface area contributed by atoms with Crippen LogP contribution < -0.4 is 5.73 Å². The van der Waals surface area contributed by atoms with Crippen LogP contribution in [0, 0.1) is 0 Å². The molecule has 4 nitrogen and oxygen atoms in total. The van der Waals surface area contributed by atoms with Gasteiger partial charge in [0.1, 0.15) is 0 Å². The van der Waals surface area contributed by atoms with Crippen LogP contribution in [0.5, 0.6) is 0 Å². The standard InChI is InChI=1S/C11H24N2O2/c1-4-15-10-7-11(8-10,9-12)13(2)5-6-14-3/h10H,4-9,12H2,1-3H3. The fourth-order valence-electron chi connectivity index (χ4n) is 2.24. The molecule has 1 saturated carbocycles. The minimum Gasteiger partial charge on any atom is -0.383 e. The average molecular weight is 216 g/mol. The van der Waals surface area contributed by atoms with Gasteiger partial charge in [0.2, 0.25) is 0 Å². The van der Waals surface area contributed by atoms with Crippen molar-refractivity contribution in [3.63, 3.8) is 0 Å². The van der Waals surface area contributed by atoms with E-state index < -0.39 is 0 Å². The second-order valence-corrected chi connectivity index (χ2v) is 4.33. The van der Waals surface area contributed by atoms with Gasteiger partial charge in [0.05, 0.1) is 12.7 Å². The molecule has 0 aromatic carbocycles. The van der Waals surface area contributed by atoms with E-state index in [0.29, 0.717) is 12.6 Å². The molecule has 0 spiro atoms. The Hall–Kier alpha value is -0.160. The van der Waals surface area contributed by atoms with Gasteiger partial charge >= 0.3 is 0 Å². The van der Waals surface area contributed by atoms with Crippen molar-refractivity contribution >= 4 is 0 Å². The highest BCUT2D eigenvalue weighted by molar-refractivity contribution is 5.03. The number of nitrogens with two attached hydrogens (primary N) is 1. The number of methoxy groups -OCH3 is 1. The Morgan fingerprint density at radius 3 is 2.60 bits per heavy atom. The second kappa shape index (κ2) is 5.80. The molecule has 1 aliphatic carbocycles. The molecule has 2 N–H and O–H groups in total. The van der Waals surface area contributed by atoms with Crippen LogP contribution >= 0.6 is 0 Å². The third-order valence-electron chi connectivity index (χ3n) is 3.44. The van der Waals surface area contributed by atoms with E-state index in [9.17, 15) is 0 Å². The third kappa shape index (κ3) is 2.91. The topological polar surface area (TPSA) is 47.7 Å². The molecular weight excluding hydrogens is 192 g/mol. The third-order valence-corrected chi connectivity index (χ3v) is 3.44. The number of nitrogens with zero attached hydrogens (tertiary/aromatic N) is 1. The summed E-state index contributed by atoms with van der Waals surface area (Å²) in [6.45, 7) is 5.24. The lowest BCUT2D eigenvalue weighted by Crippen LogP contribution is -2.63. The Morgan fingerprint density at radius 1 is 1.47 bits per heavy atom. The molecule has 90 valence electrons. The van der Waals surface area contributed by atoms with Crippen LogP contribution in [0.15, 0.2) is 0 Å². The number of rotatable bonds is 7. The van der Waals surface area contributed by atoms with E-state index >= 15 is 0 Å². The summed E-state index contributed by atoms with van der Waals surface area (Å²) in [5.41, 5.74) is 6.01. The fourth-order valence-corrected chi connectivity index (χ4v) is 2.24. The van der Waals surface area contributed by atoms with Gasteiger partial charge in [-0.25, -0.2) is 0 Å². The molecule has 0 atom stereocenters. The van der Waals surface area contributed by atoms with Gasteiger partial charge in [-0.15, -0.1) is 0 Å². The van der Waals surface area contributed by atoms with Crippen molar-refractivity contribution in [2.45, 2.75) is 31.4 Å². The van der Waals surface area contributed by atoms with Crippen LogP contribution in [0.1, 0.15) is 19.8 Å². The number of ether oxygens (including phenoxy) is 2. The fraction of sp³-hybridized carbons (Fsp3) is 1.00. The normalized spacial score (nSPS) is 30.6. The van der Waals surface area contributed by atoms with Crippen molar-refractivity contribution in [1.82, 2.24) is 4.90 Å². The van der Waals surface area contributed by atoms with E-state index in [2.05, 4.69) is 11.9 Å². The van der Waals surface area contributed by atoms with Crippen molar-refractivity contribution in [2.24, 2.45) is 5.73 Å². The zero-order chi connectivity index (χ0) is 11.3. The molecule has 1 fully saturated rings. The van der Waals surface area contributed by atoms with Crippen LogP contribution in [0.2, 0.25) is 0 Å². The predicted octanol–water partition coefficient (Wildman–Crippen LogP) is 0.461. The molecule has 0 aromatic heterocycles. The summed E-state index contributed by atoms with van der Waals surface area (Å²) >= 11 is 0. The Bertz CT molecular complexity index is 181. The number of hydrogen-bond donors (Lipinski definition) is 1. The first-order valence-electron chi connectivity index (χ1n) is 5.70. The van der Waals surface area contributed by atoms with Crippen molar-refractivity contribution in [2.75, 3.05) is 40.5 Å². The summed E-state index contributed by atoms with van der Waals surface area (Å²) in [5.74, 6) is 0. The average Bonchev–Trinajstić information content (AvgIpc) is 2.19. The highest BCUT2D eigenvalue weighted by atomic mass is 16.5. The predicted molar refractivity (Wildman–Crippen MR) is 60.9 cm³/mol. The van der Waals surface area contributed by atoms with Crippen LogP contribution in [0.3, 0.4) is 0 Å². The summed E-state index contributed by atoms with van der Waals surface area (Å²) < 4.78 is 10.7. The lowest BCUT2D eigenvalue weighted by atomic mass is 9.73. The zero-order valence-electron chi connectivity index (χ0n) is 10.2. The van der Waals surface area contributed by atoms with E-state index in [1.165, 1.54) is 0 Å². The Labute approximate surface area is 92.7 Å². The lowest BCUT2D eigenvalue weighted by Gasteiger charge is -2.52. The zero-order valence-corrected chi connectivity index (χ0v) is 10.2. The van der Waals surface area contributed by atoms with Crippen LogP contribution in [-0.4, -0.2) is 57.0 Å². The first-order chi connectivity index (χ1) is 7.18. The van der Waals surface area contributed by atoms with Crippen LogP contribution in [0.4, 0.5) is 0 Å². The van der Waals surface area contributed by atoms with Gasteiger partial charge in [-0.3, -0.25) is 4.90 Å². The van der Waals surface area contributed by atoms with E-state index in [1.807, 2.05) is 6.92 Å². The molecule has 0 amide bonds. The first-order valence-corrected chi connectivity index (χ1v) is 5.70. The second-order valence-electron chi connectivity index (χ2n) is 4.33. The first kappa shape index (κ1) is 12.9. The van der Waals surface area contributed by atoms with Gasteiger partial charge in [0.15, 0.2) is 0 Å². The number of likely N-dealkylation sites (N-methyl/N-ethyl adjacent to an activating group) is 1. The quantitative estimate of drug-likeness (QED) is 0.671. The molecule has 0 aromatic rings. The van der Waals surface area contributed by atoms with Gasteiger partial charge in [-0.2, -0.15) is 0 Å². The van der Waals surface area contributed by atoms with E-state index in [1.54, 1.807) is 7.11 Å². The summed E-state index contributed by atoms with van der Waals surface area (Å²) in [5, 5.41) is 0. The van der Waals surface area contributed by atoms with Crippen molar-refractivity contribution in [3.8, 4) is 0 Å². The van der Waals surface area contributed by atoms with Crippen LogP contribution in [0.25, 0.3) is 0 Å². The molecule has 0 aliphatic heterocycles. The molecule has 0 bridgehead atoms. The maximum absolute atomic E-state index is 5.86. The Balaban J connectivity index is 2.36. The Morgan fingerprint density at radius 2 is 2.13 bits per heavy atom. The van der Waals surface area contributed by atoms with Gasteiger partial charge in [0.25, 0.3) is 0 Å². The molecule has 15 heavy (non-hydrogen) atoms. The van der Waals surface area contributed by atoms with Crippen molar-refractivity contribution in [3.05, 3.63) is 0 Å². The summed E-state index contributed by atoms with van der Waals surface area (Å²) in [4.78, 5) is 2.31. The Kier molecular flexibility index (Phi) is 4.99. The number of hydrogen-bond acceptors (Lipinski definition) is 4. The summed E-state index contributed by atoms with van der Waals surface area (Å²) in [7, 11) is 3.85. The summed E-state index contributed by atoms with van der Waals surface area (Å²) in [6, 6.07) is 0. The smallest absolute Gasteiger partial charge is 0.0611 e. The van der Waals surface area contributed by atoms with Gasteiger partial charge in [-0.05, 0) is 26.8 Å². The maximum Gasteiger partial charge on any atom is 0.0611 e. The van der Waals surface area contributed by atoms with Crippen molar-refractivity contribution in [1.29, 1.82) is 0 Å². The minimum atomic E-state index is 0.151. The maximum atomic E-state index is 5.86. The van der Waals surface area contributed by atoms with E-state index in [-0.39, 0.29) is 5.54 Å². The minimum absolute atomic E-state index is 0.151. The van der Waals surface area contributed by atoms with E-state index in [0.717, 1.165) is 32.6 Å². The van der Waals surface area contributed by atoms with Gasteiger partial charge in [-0.1, -0.05) is 0 Å². The molecule has 0 radical (unpaired) electrons. The highest BCUT2D eigenvalue weighted by Gasteiger charge is 2.46. The van der Waals surface area contributed by atoms with Crippen molar-refractivity contribution < 1.29 is 9.47 Å². The van der Waals surface area contributed by atoms with Gasteiger partial charge in [0, 0.05) is 32.3 Å². The monoisotopic (exact) mass is 216 g/mol. The lowest BCUT2D eigenvalue weighted by molar-refractivity contribution is -0.0954.